The number of rotatable bonds is 3. The van der Waals surface area contributed by atoms with Gasteiger partial charge in [0.2, 0.25) is 0 Å². The van der Waals surface area contributed by atoms with Crippen molar-refractivity contribution in [2.24, 2.45) is 5.41 Å². The molecule has 5 heteroatoms. The molecule has 1 spiro atoms. The predicted molar refractivity (Wildman–Crippen MR) is 86.9 cm³/mol. The Morgan fingerprint density at radius 1 is 1.30 bits per heavy atom. The van der Waals surface area contributed by atoms with Crippen LogP contribution in [0.25, 0.3) is 0 Å². The van der Waals surface area contributed by atoms with Crippen LogP contribution in [0.4, 0.5) is 0 Å². The van der Waals surface area contributed by atoms with Crippen LogP contribution in [0.15, 0.2) is 18.2 Å². The summed E-state index contributed by atoms with van der Waals surface area (Å²) < 4.78 is 10.7. The van der Waals surface area contributed by atoms with Gasteiger partial charge >= 0.3 is 0 Å². The van der Waals surface area contributed by atoms with Crippen molar-refractivity contribution in [1.29, 1.82) is 0 Å². The summed E-state index contributed by atoms with van der Waals surface area (Å²) in [6.07, 6.45) is 5.77. The number of aromatic hydroxyl groups is 1. The lowest BCUT2D eigenvalue weighted by molar-refractivity contribution is -0.0295. The van der Waals surface area contributed by atoms with Crippen molar-refractivity contribution >= 4 is 5.91 Å². The fourth-order valence-corrected chi connectivity index (χ4v) is 4.28. The number of phenols is 1. The van der Waals surface area contributed by atoms with Gasteiger partial charge in [-0.05, 0) is 43.9 Å². The number of hydrogen-bond acceptors (Lipinski definition) is 4. The minimum Gasteiger partial charge on any atom is -0.504 e. The molecule has 1 amide bonds. The highest BCUT2D eigenvalue weighted by Crippen LogP contribution is 2.46. The molecule has 1 aliphatic heterocycles. The van der Waals surface area contributed by atoms with E-state index in [9.17, 15) is 9.90 Å². The van der Waals surface area contributed by atoms with Gasteiger partial charge in [0.1, 0.15) is 0 Å². The Kier molecular flexibility index (Phi) is 4.48. The molecule has 23 heavy (non-hydrogen) atoms. The van der Waals surface area contributed by atoms with Crippen LogP contribution in [0.2, 0.25) is 0 Å². The van der Waals surface area contributed by atoms with Crippen molar-refractivity contribution < 1.29 is 19.4 Å². The first-order chi connectivity index (χ1) is 11.1. The van der Waals surface area contributed by atoms with Crippen LogP contribution in [-0.4, -0.2) is 49.3 Å². The summed E-state index contributed by atoms with van der Waals surface area (Å²) in [7, 11) is 3.27. The third kappa shape index (κ3) is 2.90. The number of phenolic OH excluding ortho intramolecular Hbond substituents is 1. The summed E-state index contributed by atoms with van der Waals surface area (Å²) in [4.78, 5) is 14.7. The second-order valence-electron chi connectivity index (χ2n) is 6.70. The van der Waals surface area contributed by atoms with Gasteiger partial charge in [-0.15, -0.1) is 0 Å². The fourth-order valence-electron chi connectivity index (χ4n) is 4.28. The van der Waals surface area contributed by atoms with Crippen LogP contribution in [0, 0.1) is 5.41 Å². The summed E-state index contributed by atoms with van der Waals surface area (Å²) in [5, 5.41) is 9.91. The number of ether oxygens (including phenoxy) is 2. The Morgan fingerprint density at radius 2 is 2.09 bits per heavy atom. The predicted octanol–water partition coefficient (Wildman–Crippen LogP) is 2.82. The molecule has 1 aromatic rings. The van der Waals surface area contributed by atoms with E-state index in [1.54, 1.807) is 19.2 Å². The Morgan fingerprint density at radius 3 is 2.78 bits per heavy atom. The molecule has 1 saturated carbocycles. The second-order valence-corrected chi connectivity index (χ2v) is 6.70. The van der Waals surface area contributed by atoms with E-state index >= 15 is 0 Å². The van der Waals surface area contributed by atoms with E-state index in [4.69, 9.17) is 9.47 Å². The lowest BCUT2D eigenvalue weighted by Gasteiger charge is -2.43. The number of amides is 1. The summed E-state index contributed by atoms with van der Waals surface area (Å²) >= 11 is 0. The molecule has 2 atom stereocenters. The van der Waals surface area contributed by atoms with Crippen LogP contribution in [0.5, 0.6) is 11.5 Å². The van der Waals surface area contributed by atoms with Gasteiger partial charge in [0.05, 0.1) is 13.2 Å². The number of likely N-dealkylation sites (tertiary alicyclic amines) is 1. The minimum absolute atomic E-state index is 0.000655. The molecule has 0 unspecified atom stereocenters. The Bertz CT molecular complexity index is 588. The van der Waals surface area contributed by atoms with Gasteiger partial charge in [-0.25, -0.2) is 0 Å². The van der Waals surface area contributed by atoms with Crippen LogP contribution >= 0.6 is 0 Å². The van der Waals surface area contributed by atoms with E-state index in [0.29, 0.717) is 11.3 Å². The van der Waals surface area contributed by atoms with Crippen molar-refractivity contribution in [3.05, 3.63) is 23.8 Å². The van der Waals surface area contributed by atoms with Gasteiger partial charge in [0.25, 0.3) is 5.91 Å². The van der Waals surface area contributed by atoms with Gasteiger partial charge in [-0.2, -0.15) is 0 Å². The molecular formula is C18H25NO4. The number of methoxy groups -OCH3 is 2. The van der Waals surface area contributed by atoms with Crippen molar-refractivity contribution in [1.82, 2.24) is 4.90 Å². The van der Waals surface area contributed by atoms with E-state index in [1.165, 1.54) is 19.6 Å². The highest BCUT2D eigenvalue weighted by atomic mass is 16.5. The first-order valence-electron chi connectivity index (χ1n) is 8.29. The monoisotopic (exact) mass is 319 g/mol. The van der Waals surface area contributed by atoms with E-state index in [-0.39, 0.29) is 23.2 Å². The Labute approximate surface area is 137 Å². The molecule has 1 aromatic carbocycles. The van der Waals surface area contributed by atoms with Crippen LogP contribution in [0.1, 0.15) is 42.5 Å². The summed E-state index contributed by atoms with van der Waals surface area (Å²) in [5.41, 5.74) is 0.615. The Balaban J connectivity index is 1.78. The molecule has 0 aromatic heterocycles. The zero-order valence-corrected chi connectivity index (χ0v) is 13.9. The minimum atomic E-state index is -0.0243. The maximum absolute atomic E-state index is 12.8. The number of hydrogen-bond donors (Lipinski definition) is 1. The van der Waals surface area contributed by atoms with Gasteiger partial charge < -0.3 is 19.5 Å². The number of carbonyl (C=O) groups is 1. The lowest BCUT2D eigenvalue weighted by atomic mass is 9.76. The highest BCUT2D eigenvalue weighted by Gasteiger charge is 2.46. The van der Waals surface area contributed by atoms with Crippen LogP contribution < -0.4 is 4.74 Å². The average molecular weight is 319 g/mol. The number of benzene rings is 1. The van der Waals surface area contributed by atoms with Crippen molar-refractivity contribution in [2.75, 3.05) is 27.3 Å². The average Bonchev–Trinajstić information content (AvgIpc) is 2.95. The van der Waals surface area contributed by atoms with Gasteiger partial charge in [0.15, 0.2) is 11.5 Å². The highest BCUT2D eigenvalue weighted by molar-refractivity contribution is 5.95. The summed E-state index contributed by atoms with van der Waals surface area (Å²) in [6.45, 7) is 1.51. The number of nitrogens with zero attached hydrogens (tertiary/aromatic N) is 1. The third-order valence-electron chi connectivity index (χ3n) is 5.43. The molecule has 1 N–H and O–H groups in total. The summed E-state index contributed by atoms with van der Waals surface area (Å²) in [6, 6.07) is 4.84. The first-order valence-corrected chi connectivity index (χ1v) is 8.29. The normalized spacial score (nSPS) is 27.4. The maximum atomic E-state index is 12.8. The smallest absolute Gasteiger partial charge is 0.254 e. The van der Waals surface area contributed by atoms with Gasteiger partial charge in [-0.3, -0.25) is 4.79 Å². The van der Waals surface area contributed by atoms with Crippen molar-refractivity contribution in [3.8, 4) is 11.5 Å². The standard InChI is InChI=1S/C18H25NO4/c1-22-15-7-6-13(11-14(15)20)17(21)19-10-4-9-18(12-19)8-3-5-16(18)23-2/h6-7,11,16,20H,3-5,8-10,12H2,1-2H3/t16-,18+/m1/s1. The quantitative estimate of drug-likeness (QED) is 0.931. The molecule has 2 fully saturated rings. The van der Waals surface area contributed by atoms with Gasteiger partial charge in [-0.1, -0.05) is 6.42 Å². The zero-order chi connectivity index (χ0) is 16.4. The third-order valence-corrected chi connectivity index (χ3v) is 5.43. The van der Waals surface area contributed by atoms with E-state index < -0.39 is 0 Å². The first kappa shape index (κ1) is 16.1. The lowest BCUT2D eigenvalue weighted by Crippen LogP contribution is -2.49. The topological polar surface area (TPSA) is 59.0 Å². The molecule has 0 bridgehead atoms. The van der Waals surface area contributed by atoms with E-state index in [0.717, 1.165) is 38.8 Å². The SMILES string of the molecule is COc1ccc(C(=O)N2CCC[C@@]3(CCC[C@H]3OC)C2)cc1O. The molecule has 0 radical (unpaired) electrons. The Hall–Kier alpha value is -1.75. The summed E-state index contributed by atoms with van der Waals surface area (Å²) in [5.74, 6) is 0.358. The fraction of sp³-hybridized carbons (Fsp3) is 0.611. The molecule has 126 valence electrons. The zero-order valence-electron chi connectivity index (χ0n) is 13.9. The number of piperidine rings is 1. The molecule has 5 nitrogen and oxygen atoms in total. The molecule has 1 aliphatic carbocycles. The van der Waals surface area contributed by atoms with E-state index in [2.05, 4.69) is 0 Å². The molecule has 2 aliphatic rings. The second kappa shape index (κ2) is 6.40. The van der Waals surface area contributed by atoms with E-state index in [1.807, 2.05) is 4.90 Å². The molecule has 1 saturated heterocycles. The maximum Gasteiger partial charge on any atom is 0.254 e. The number of carbonyl (C=O) groups excluding carboxylic acids is 1. The van der Waals surface area contributed by atoms with Crippen LogP contribution in [-0.2, 0) is 4.74 Å². The molecular weight excluding hydrogens is 294 g/mol. The van der Waals surface area contributed by atoms with Crippen molar-refractivity contribution in [3.63, 3.8) is 0 Å². The molecule has 1 heterocycles. The molecule has 3 rings (SSSR count). The van der Waals surface area contributed by atoms with Crippen LogP contribution in [0.3, 0.4) is 0 Å². The largest absolute Gasteiger partial charge is 0.504 e. The van der Waals surface area contributed by atoms with Crippen molar-refractivity contribution in [2.45, 2.75) is 38.2 Å². The van der Waals surface area contributed by atoms with Gasteiger partial charge in [0, 0.05) is 31.2 Å².